The van der Waals surface area contributed by atoms with Crippen LogP contribution in [0.25, 0.3) is 6.08 Å². The van der Waals surface area contributed by atoms with Crippen molar-refractivity contribution in [2.75, 3.05) is 7.11 Å². The molecule has 0 aliphatic heterocycles. The Hall–Kier alpha value is -2.17. The molecule has 2 unspecified atom stereocenters. The van der Waals surface area contributed by atoms with Gasteiger partial charge in [0.2, 0.25) is 6.04 Å². The zero-order valence-electron chi connectivity index (χ0n) is 10.8. The number of nitrogens with zero attached hydrogens (tertiary/aromatic N) is 1. The summed E-state index contributed by atoms with van der Waals surface area (Å²) in [5.74, 6) is -0.446. The number of carbonyl (C=O) groups is 1. The minimum Gasteiger partial charge on any atom is -0.469 e. The zero-order valence-corrected chi connectivity index (χ0v) is 10.8. The summed E-state index contributed by atoms with van der Waals surface area (Å²) in [6, 6.07) is 6.24. The van der Waals surface area contributed by atoms with Gasteiger partial charge in [-0.3, -0.25) is 14.9 Å². The van der Waals surface area contributed by atoms with Crippen LogP contribution < -0.4 is 0 Å². The van der Waals surface area contributed by atoms with E-state index in [9.17, 15) is 14.9 Å². The van der Waals surface area contributed by atoms with E-state index in [1.165, 1.54) is 7.11 Å². The molecule has 0 heterocycles. The van der Waals surface area contributed by atoms with E-state index in [-0.39, 0.29) is 11.3 Å². The molecule has 0 amide bonds. The first-order chi connectivity index (χ1) is 8.98. The molecule has 1 aromatic carbocycles. The number of esters is 1. The average Bonchev–Trinajstić information content (AvgIpc) is 2.37. The second-order valence-electron chi connectivity index (χ2n) is 4.91. The lowest BCUT2D eigenvalue weighted by Gasteiger charge is -2.32. The molecule has 2 atom stereocenters. The highest BCUT2D eigenvalue weighted by Gasteiger charge is 2.46. The lowest BCUT2D eigenvalue weighted by Crippen LogP contribution is -2.34. The number of hydrogen-bond donors (Lipinski definition) is 0. The molecule has 19 heavy (non-hydrogen) atoms. The number of hydrogen-bond acceptors (Lipinski definition) is 4. The fraction of sp³-hybridized carbons (Fsp3) is 0.357. The number of ether oxygens (including phenoxy) is 1. The number of nitro groups is 1. The van der Waals surface area contributed by atoms with Gasteiger partial charge in [-0.05, 0) is 12.5 Å². The molecule has 0 bridgehead atoms. The van der Waals surface area contributed by atoms with Crippen LogP contribution in [0.15, 0.2) is 30.3 Å². The molecule has 2 rings (SSSR count). The second kappa shape index (κ2) is 4.84. The van der Waals surface area contributed by atoms with E-state index in [1.807, 2.05) is 18.2 Å². The van der Waals surface area contributed by atoms with Gasteiger partial charge < -0.3 is 4.74 Å². The standard InChI is InChI=1S/C14H15NO4/c1-14(9-12(16)19-2)8-7-10-5-3-4-6-11(10)13(14)15(17)18/h3-8,13H,9H2,1-2H3. The van der Waals surface area contributed by atoms with E-state index in [1.54, 1.807) is 25.1 Å². The molecule has 0 fully saturated rings. The smallest absolute Gasteiger partial charge is 0.306 e. The molecule has 0 aromatic heterocycles. The van der Waals surface area contributed by atoms with Gasteiger partial charge in [-0.2, -0.15) is 0 Å². The second-order valence-corrected chi connectivity index (χ2v) is 4.91. The van der Waals surface area contributed by atoms with Crippen LogP contribution in [-0.2, 0) is 9.53 Å². The largest absolute Gasteiger partial charge is 0.469 e. The summed E-state index contributed by atoms with van der Waals surface area (Å²) in [6.45, 7) is 1.71. The Morgan fingerprint density at radius 2 is 2.16 bits per heavy atom. The predicted octanol–water partition coefficient (Wildman–Crippen LogP) is 2.60. The van der Waals surface area contributed by atoms with Crippen molar-refractivity contribution >= 4 is 12.0 Å². The van der Waals surface area contributed by atoms with Gasteiger partial charge in [-0.25, -0.2) is 0 Å². The maximum atomic E-state index is 11.5. The summed E-state index contributed by atoms with van der Waals surface area (Å²) >= 11 is 0. The summed E-state index contributed by atoms with van der Waals surface area (Å²) in [5, 5.41) is 11.4. The number of rotatable bonds is 3. The molecule has 0 saturated heterocycles. The highest BCUT2D eigenvalue weighted by atomic mass is 16.6. The van der Waals surface area contributed by atoms with Crippen molar-refractivity contribution in [3.63, 3.8) is 0 Å². The monoisotopic (exact) mass is 261 g/mol. The summed E-state index contributed by atoms with van der Waals surface area (Å²) < 4.78 is 4.64. The van der Waals surface area contributed by atoms with E-state index in [0.29, 0.717) is 5.56 Å². The molecule has 0 N–H and O–H groups in total. The minimum absolute atomic E-state index is 0.0139. The SMILES string of the molecule is COC(=O)CC1(C)C=Cc2ccccc2C1[N+](=O)[O-]. The van der Waals surface area contributed by atoms with Crippen molar-refractivity contribution in [3.05, 3.63) is 51.6 Å². The first kappa shape index (κ1) is 13.3. The zero-order chi connectivity index (χ0) is 14.0. The third kappa shape index (κ3) is 2.36. The van der Waals surface area contributed by atoms with Crippen molar-refractivity contribution < 1.29 is 14.5 Å². The van der Waals surface area contributed by atoms with Crippen LogP contribution >= 0.6 is 0 Å². The van der Waals surface area contributed by atoms with Crippen LogP contribution in [-0.4, -0.2) is 18.0 Å². The Morgan fingerprint density at radius 3 is 2.79 bits per heavy atom. The third-order valence-electron chi connectivity index (χ3n) is 3.52. The molecule has 1 aliphatic carbocycles. The minimum atomic E-state index is -0.937. The molecular formula is C14H15NO4. The highest BCUT2D eigenvalue weighted by molar-refractivity contribution is 5.72. The lowest BCUT2D eigenvalue weighted by molar-refractivity contribution is -0.545. The van der Waals surface area contributed by atoms with Crippen LogP contribution in [0, 0.1) is 15.5 Å². The van der Waals surface area contributed by atoms with E-state index >= 15 is 0 Å². The molecule has 5 heteroatoms. The molecular weight excluding hydrogens is 246 g/mol. The number of benzene rings is 1. The molecule has 1 aromatic rings. The fourth-order valence-electron chi connectivity index (χ4n) is 2.53. The van der Waals surface area contributed by atoms with Crippen LogP contribution in [0.2, 0.25) is 0 Å². The predicted molar refractivity (Wildman–Crippen MR) is 70.0 cm³/mol. The van der Waals surface area contributed by atoms with E-state index in [4.69, 9.17) is 0 Å². The Morgan fingerprint density at radius 1 is 1.47 bits per heavy atom. The topological polar surface area (TPSA) is 69.4 Å². The normalized spacial score (nSPS) is 24.6. The summed E-state index contributed by atoms with van der Waals surface area (Å²) in [7, 11) is 1.29. The molecule has 0 radical (unpaired) electrons. The van der Waals surface area contributed by atoms with Gasteiger partial charge >= 0.3 is 5.97 Å². The molecule has 100 valence electrons. The van der Waals surface area contributed by atoms with Gasteiger partial charge in [0.25, 0.3) is 0 Å². The number of carbonyl (C=O) groups excluding carboxylic acids is 1. The number of methoxy groups -OCH3 is 1. The quantitative estimate of drug-likeness (QED) is 0.476. The van der Waals surface area contributed by atoms with Crippen LogP contribution in [0.5, 0.6) is 0 Å². The Labute approximate surface area is 111 Å². The van der Waals surface area contributed by atoms with Gasteiger partial charge in [0.1, 0.15) is 0 Å². The maximum Gasteiger partial charge on any atom is 0.306 e. The first-order valence-corrected chi connectivity index (χ1v) is 5.96. The van der Waals surface area contributed by atoms with E-state index < -0.39 is 17.4 Å². The Balaban J connectivity index is 2.47. The van der Waals surface area contributed by atoms with Crippen LogP contribution in [0.4, 0.5) is 0 Å². The lowest BCUT2D eigenvalue weighted by atomic mass is 9.71. The van der Waals surface area contributed by atoms with Gasteiger partial charge in [0.05, 0.1) is 18.9 Å². The number of fused-ring (bicyclic) bond motifs is 1. The molecule has 1 aliphatic rings. The van der Waals surface area contributed by atoms with E-state index in [0.717, 1.165) is 5.56 Å². The summed E-state index contributed by atoms with van der Waals surface area (Å²) in [6.07, 6.45) is 3.55. The van der Waals surface area contributed by atoms with Crippen molar-refractivity contribution in [2.45, 2.75) is 19.4 Å². The Kier molecular flexibility index (Phi) is 3.38. The third-order valence-corrected chi connectivity index (χ3v) is 3.52. The van der Waals surface area contributed by atoms with Gasteiger partial charge in [-0.1, -0.05) is 36.4 Å². The molecule has 0 spiro atoms. The van der Waals surface area contributed by atoms with Crippen molar-refractivity contribution in [1.29, 1.82) is 0 Å². The van der Waals surface area contributed by atoms with Crippen LogP contribution in [0.3, 0.4) is 0 Å². The maximum absolute atomic E-state index is 11.5. The fourth-order valence-corrected chi connectivity index (χ4v) is 2.53. The Bertz CT molecular complexity index is 552. The van der Waals surface area contributed by atoms with Gasteiger partial charge in [0.15, 0.2) is 0 Å². The summed E-state index contributed by atoms with van der Waals surface area (Å²) in [5.41, 5.74) is 0.596. The van der Waals surface area contributed by atoms with Crippen molar-refractivity contribution in [2.24, 2.45) is 5.41 Å². The first-order valence-electron chi connectivity index (χ1n) is 5.96. The van der Waals surface area contributed by atoms with Crippen molar-refractivity contribution in [3.8, 4) is 0 Å². The van der Waals surface area contributed by atoms with Gasteiger partial charge in [-0.15, -0.1) is 0 Å². The highest BCUT2D eigenvalue weighted by Crippen LogP contribution is 2.45. The van der Waals surface area contributed by atoms with Crippen LogP contribution in [0.1, 0.15) is 30.5 Å². The van der Waals surface area contributed by atoms with Crippen molar-refractivity contribution in [1.82, 2.24) is 0 Å². The van der Waals surface area contributed by atoms with Gasteiger partial charge in [0, 0.05) is 10.5 Å². The molecule has 0 saturated carbocycles. The van der Waals surface area contributed by atoms with E-state index in [2.05, 4.69) is 4.74 Å². The molecule has 5 nitrogen and oxygen atoms in total. The summed E-state index contributed by atoms with van der Waals surface area (Å²) in [4.78, 5) is 22.6. The average molecular weight is 261 g/mol.